The van der Waals surface area contributed by atoms with Crippen molar-refractivity contribution in [1.82, 2.24) is 0 Å². The Labute approximate surface area is 91.7 Å². The van der Waals surface area contributed by atoms with Crippen molar-refractivity contribution >= 4 is 7.25 Å². The summed E-state index contributed by atoms with van der Waals surface area (Å²) >= 11 is 0. The topological polar surface area (TPSA) is 0 Å². The molecule has 88 valence electrons. The molecule has 0 atom stereocenters. The van der Waals surface area contributed by atoms with E-state index in [0.717, 1.165) is 17.6 Å². The maximum Gasteiger partial charge on any atom is 0.673 e. The highest BCUT2D eigenvalue weighted by atomic mass is 19.5. The van der Waals surface area contributed by atoms with Crippen LogP contribution < -0.4 is 0 Å². The van der Waals surface area contributed by atoms with Crippen LogP contribution in [0.15, 0.2) is 48.9 Å². The molecule has 0 aromatic carbocycles. The van der Waals surface area contributed by atoms with E-state index in [1.54, 1.807) is 0 Å². The highest BCUT2D eigenvalue weighted by Crippen LogP contribution is 2.16. The van der Waals surface area contributed by atoms with Crippen molar-refractivity contribution in [2.75, 3.05) is 13.1 Å². The summed E-state index contributed by atoms with van der Waals surface area (Å²) in [6.45, 7) is 2.19. The van der Waals surface area contributed by atoms with Gasteiger partial charge in [0, 0.05) is 0 Å². The van der Waals surface area contributed by atoms with Gasteiger partial charge in [-0.1, -0.05) is 12.2 Å². The first-order chi connectivity index (χ1) is 7.41. The third kappa shape index (κ3) is 4.98. The lowest BCUT2D eigenvalue weighted by atomic mass is 10.2. The molecule has 1 nitrogen and oxygen atoms in total. The maximum absolute atomic E-state index is 9.75. The summed E-state index contributed by atoms with van der Waals surface area (Å²) in [6, 6.07) is 0. The summed E-state index contributed by atoms with van der Waals surface area (Å²) in [5, 5.41) is 0. The average molecular weight is 233 g/mol. The quantitative estimate of drug-likeness (QED) is 0.342. The molecule has 6 heteroatoms. The molecule has 0 radical (unpaired) electrons. The summed E-state index contributed by atoms with van der Waals surface area (Å²) in [4.78, 5) is 0. The van der Waals surface area contributed by atoms with Crippen molar-refractivity contribution in [3.8, 4) is 0 Å². The van der Waals surface area contributed by atoms with E-state index in [9.17, 15) is 17.3 Å². The lowest BCUT2D eigenvalue weighted by molar-refractivity contribution is -0.816. The SMILES string of the molecule is C1=CC[N+]2(C=C1)C=CC=CC2.F[B-](F)(F)F. The molecular formula is C10H12BF4N. The lowest BCUT2D eigenvalue weighted by Gasteiger charge is -2.31. The maximum atomic E-state index is 9.75. The molecule has 0 N–H and O–H groups in total. The van der Waals surface area contributed by atoms with Crippen molar-refractivity contribution in [1.29, 1.82) is 0 Å². The van der Waals surface area contributed by atoms with Gasteiger partial charge in [0.1, 0.15) is 25.5 Å². The first-order valence-corrected chi connectivity index (χ1v) is 4.84. The van der Waals surface area contributed by atoms with Crippen LogP contribution in [-0.2, 0) is 0 Å². The minimum Gasteiger partial charge on any atom is -0.418 e. The van der Waals surface area contributed by atoms with E-state index in [-0.39, 0.29) is 0 Å². The highest BCUT2D eigenvalue weighted by Gasteiger charge is 2.21. The Balaban J connectivity index is 0.000000221. The summed E-state index contributed by atoms with van der Waals surface area (Å²) in [5.74, 6) is 0. The number of hydrogen-bond acceptors (Lipinski definition) is 0. The second-order valence-corrected chi connectivity index (χ2v) is 3.50. The van der Waals surface area contributed by atoms with Gasteiger partial charge in [-0.15, -0.1) is 0 Å². The first-order valence-electron chi connectivity index (χ1n) is 4.84. The van der Waals surface area contributed by atoms with Crippen LogP contribution in [-0.4, -0.2) is 24.8 Å². The van der Waals surface area contributed by atoms with Crippen LogP contribution >= 0.6 is 0 Å². The van der Waals surface area contributed by atoms with Gasteiger partial charge in [-0.2, -0.15) is 0 Å². The Morgan fingerprint density at radius 1 is 0.750 bits per heavy atom. The highest BCUT2D eigenvalue weighted by molar-refractivity contribution is 6.50. The normalized spacial score (nSPS) is 20.8. The molecule has 0 fully saturated rings. The fourth-order valence-electron chi connectivity index (χ4n) is 1.48. The Hall–Kier alpha value is -1.30. The van der Waals surface area contributed by atoms with Gasteiger partial charge in [-0.05, 0) is 24.3 Å². The Morgan fingerprint density at radius 2 is 1.12 bits per heavy atom. The molecule has 2 rings (SSSR count). The van der Waals surface area contributed by atoms with Gasteiger partial charge >= 0.3 is 7.25 Å². The van der Waals surface area contributed by atoms with Gasteiger partial charge in [0.05, 0.1) is 0 Å². The molecule has 0 bridgehead atoms. The van der Waals surface area contributed by atoms with Gasteiger partial charge in [-0.3, -0.25) is 4.48 Å². The zero-order valence-corrected chi connectivity index (χ0v) is 8.57. The molecule has 0 aromatic heterocycles. The van der Waals surface area contributed by atoms with Crippen LogP contribution in [0.3, 0.4) is 0 Å². The van der Waals surface area contributed by atoms with Crippen molar-refractivity contribution in [3.05, 3.63) is 48.9 Å². The Bertz CT molecular complexity index is 307. The van der Waals surface area contributed by atoms with Crippen molar-refractivity contribution in [2.45, 2.75) is 0 Å². The number of allylic oxidation sites excluding steroid dienone is 4. The van der Waals surface area contributed by atoms with Gasteiger partial charge in [0.15, 0.2) is 0 Å². The largest absolute Gasteiger partial charge is 0.673 e. The van der Waals surface area contributed by atoms with Gasteiger partial charge in [-0.25, -0.2) is 0 Å². The fraction of sp³-hybridized carbons (Fsp3) is 0.200. The van der Waals surface area contributed by atoms with Crippen LogP contribution in [0, 0.1) is 0 Å². The average Bonchev–Trinajstić information content (AvgIpc) is 2.17. The second-order valence-electron chi connectivity index (χ2n) is 3.50. The molecule has 0 saturated heterocycles. The number of hydrogen-bond donors (Lipinski definition) is 0. The predicted octanol–water partition coefficient (Wildman–Crippen LogP) is 3.27. The van der Waals surface area contributed by atoms with Crippen LogP contribution in [0.25, 0.3) is 0 Å². The number of rotatable bonds is 0. The summed E-state index contributed by atoms with van der Waals surface area (Å²) in [5.41, 5.74) is 0. The second kappa shape index (κ2) is 5.16. The van der Waals surface area contributed by atoms with E-state index in [2.05, 4.69) is 48.9 Å². The molecule has 0 aromatic rings. The van der Waals surface area contributed by atoms with Gasteiger partial charge in [0.2, 0.25) is 0 Å². The van der Waals surface area contributed by atoms with Crippen LogP contribution in [0.4, 0.5) is 17.3 Å². The van der Waals surface area contributed by atoms with E-state index in [0.29, 0.717) is 0 Å². The standard InChI is InChI=1S/C10H12N.BF4/c1-3-7-11(8-4-1)9-5-2-6-10-11;2-1(3,4)5/h1-7,9H,8,10H2;/q+1;-1. The third-order valence-electron chi connectivity index (χ3n) is 2.15. The van der Waals surface area contributed by atoms with E-state index >= 15 is 0 Å². The molecule has 2 heterocycles. The van der Waals surface area contributed by atoms with Crippen molar-refractivity contribution in [3.63, 3.8) is 0 Å². The molecule has 0 amide bonds. The monoisotopic (exact) mass is 233 g/mol. The molecule has 2 aliphatic rings. The first kappa shape index (κ1) is 12.8. The Morgan fingerprint density at radius 3 is 1.38 bits per heavy atom. The van der Waals surface area contributed by atoms with Gasteiger partial charge < -0.3 is 17.3 Å². The molecular weight excluding hydrogens is 221 g/mol. The lowest BCUT2D eigenvalue weighted by Crippen LogP contribution is -2.39. The van der Waals surface area contributed by atoms with E-state index in [4.69, 9.17) is 0 Å². The minimum atomic E-state index is -6.00. The summed E-state index contributed by atoms with van der Waals surface area (Å²) in [6.07, 6.45) is 17.3. The summed E-state index contributed by atoms with van der Waals surface area (Å²) < 4.78 is 40.0. The molecule has 0 unspecified atom stereocenters. The zero-order chi connectivity index (χ0) is 12.1. The number of nitrogens with zero attached hydrogens (tertiary/aromatic N) is 1. The number of quaternary nitrogens is 1. The number of halogens is 4. The Kier molecular flexibility index (Phi) is 4.12. The van der Waals surface area contributed by atoms with Crippen LogP contribution in [0.5, 0.6) is 0 Å². The molecule has 1 spiro atoms. The van der Waals surface area contributed by atoms with E-state index in [1.807, 2.05) is 0 Å². The third-order valence-corrected chi connectivity index (χ3v) is 2.15. The summed E-state index contributed by atoms with van der Waals surface area (Å²) in [7, 11) is -6.00. The zero-order valence-electron chi connectivity index (χ0n) is 8.57. The van der Waals surface area contributed by atoms with Crippen LogP contribution in [0.1, 0.15) is 0 Å². The van der Waals surface area contributed by atoms with Crippen molar-refractivity contribution < 1.29 is 21.7 Å². The fourth-order valence-corrected chi connectivity index (χ4v) is 1.48. The molecule has 0 aliphatic carbocycles. The molecule has 0 saturated carbocycles. The van der Waals surface area contributed by atoms with E-state index < -0.39 is 7.25 Å². The smallest absolute Gasteiger partial charge is 0.418 e. The van der Waals surface area contributed by atoms with Crippen LogP contribution in [0.2, 0.25) is 0 Å². The predicted molar refractivity (Wildman–Crippen MR) is 56.7 cm³/mol. The van der Waals surface area contributed by atoms with Gasteiger partial charge in [0.25, 0.3) is 0 Å². The minimum absolute atomic E-state index is 0.965. The van der Waals surface area contributed by atoms with E-state index in [1.165, 1.54) is 0 Å². The van der Waals surface area contributed by atoms with Crippen molar-refractivity contribution in [2.24, 2.45) is 0 Å². The molecule has 2 aliphatic heterocycles. The molecule has 16 heavy (non-hydrogen) atoms.